The maximum Gasteiger partial charge on any atom is 0.328 e. The second kappa shape index (κ2) is 7.88. The number of carboxylic acid groups (broad SMARTS) is 1. The van der Waals surface area contributed by atoms with Crippen LogP contribution in [0.4, 0.5) is 5.69 Å². The van der Waals surface area contributed by atoms with Crippen LogP contribution in [-0.2, 0) is 9.59 Å². The molecule has 0 radical (unpaired) electrons. The van der Waals surface area contributed by atoms with Crippen molar-refractivity contribution < 1.29 is 14.7 Å². The Kier molecular flexibility index (Phi) is 5.87. The second-order valence-corrected chi connectivity index (χ2v) is 6.33. The molecule has 0 aliphatic carbocycles. The molecule has 0 saturated carbocycles. The number of rotatable bonds is 5. The minimum Gasteiger partial charge on any atom is -0.478 e. The number of aliphatic carboxylic acids is 1. The summed E-state index contributed by atoms with van der Waals surface area (Å²) in [5.41, 5.74) is 1.46. The van der Waals surface area contributed by atoms with E-state index in [2.05, 4.69) is 5.32 Å². The van der Waals surface area contributed by atoms with Gasteiger partial charge in [-0.2, -0.15) is 11.8 Å². The smallest absolute Gasteiger partial charge is 0.328 e. The lowest BCUT2D eigenvalue weighted by molar-refractivity contribution is -0.131. The highest BCUT2D eigenvalue weighted by atomic mass is 32.2. The molecule has 1 aliphatic rings. The molecule has 0 bridgehead atoms. The molecule has 0 aromatic heterocycles. The van der Waals surface area contributed by atoms with E-state index in [-0.39, 0.29) is 5.91 Å². The van der Waals surface area contributed by atoms with Crippen LogP contribution in [0.5, 0.6) is 0 Å². The zero-order valence-corrected chi connectivity index (χ0v) is 12.6. The van der Waals surface area contributed by atoms with Crippen molar-refractivity contribution in [3.8, 4) is 0 Å². The molecule has 5 heteroatoms. The molecule has 21 heavy (non-hydrogen) atoms. The fourth-order valence-electron chi connectivity index (χ4n) is 2.31. The summed E-state index contributed by atoms with van der Waals surface area (Å²) in [5, 5.41) is 11.5. The first-order valence-electron chi connectivity index (χ1n) is 7.02. The third kappa shape index (κ3) is 5.63. The Morgan fingerprint density at radius 3 is 2.81 bits per heavy atom. The Balaban J connectivity index is 1.90. The van der Waals surface area contributed by atoms with E-state index in [9.17, 15) is 9.59 Å². The van der Waals surface area contributed by atoms with Crippen molar-refractivity contribution in [3.63, 3.8) is 0 Å². The standard InChI is InChI=1S/C16H19NO3S/c18-15(11-13-6-8-21-9-7-13)17-14-3-1-2-12(10-14)4-5-16(19)20/h1-5,10,13H,6-9,11H2,(H,17,18)(H,19,20)/b5-4+. The molecule has 1 saturated heterocycles. The van der Waals surface area contributed by atoms with Crippen molar-refractivity contribution >= 4 is 35.4 Å². The van der Waals surface area contributed by atoms with Crippen LogP contribution in [0.3, 0.4) is 0 Å². The van der Waals surface area contributed by atoms with Crippen molar-refractivity contribution in [1.29, 1.82) is 0 Å². The van der Waals surface area contributed by atoms with E-state index in [0.717, 1.165) is 36.0 Å². The van der Waals surface area contributed by atoms with Gasteiger partial charge in [0.15, 0.2) is 0 Å². The highest BCUT2D eigenvalue weighted by molar-refractivity contribution is 7.99. The molecule has 1 heterocycles. The first kappa shape index (κ1) is 15.6. The Bertz CT molecular complexity index is 536. The van der Waals surface area contributed by atoms with Crippen molar-refractivity contribution in [2.75, 3.05) is 16.8 Å². The van der Waals surface area contributed by atoms with Gasteiger partial charge in [0, 0.05) is 18.2 Å². The molecule has 1 aromatic rings. The maximum absolute atomic E-state index is 12.0. The fourth-order valence-corrected chi connectivity index (χ4v) is 3.52. The number of carbonyl (C=O) groups is 2. The van der Waals surface area contributed by atoms with Gasteiger partial charge in [0.25, 0.3) is 0 Å². The van der Waals surface area contributed by atoms with Gasteiger partial charge in [-0.05, 0) is 54.0 Å². The summed E-state index contributed by atoms with van der Waals surface area (Å²) in [6.07, 6.45) is 5.38. The minimum absolute atomic E-state index is 0.0336. The molecule has 2 rings (SSSR count). The van der Waals surface area contributed by atoms with E-state index in [1.54, 1.807) is 18.2 Å². The molecule has 0 unspecified atom stereocenters. The molecule has 1 fully saturated rings. The zero-order chi connectivity index (χ0) is 15.1. The van der Waals surface area contributed by atoms with Gasteiger partial charge in [0.1, 0.15) is 0 Å². The lowest BCUT2D eigenvalue weighted by Crippen LogP contribution is -2.19. The summed E-state index contributed by atoms with van der Waals surface area (Å²) in [6, 6.07) is 7.18. The summed E-state index contributed by atoms with van der Waals surface area (Å²) in [7, 11) is 0. The highest BCUT2D eigenvalue weighted by Gasteiger charge is 2.17. The minimum atomic E-state index is -0.986. The molecular weight excluding hydrogens is 286 g/mol. The van der Waals surface area contributed by atoms with E-state index in [0.29, 0.717) is 18.0 Å². The first-order valence-corrected chi connectivity index (χ1v) is 8.17. The topological polar surface area (TPSA) is 66.4 Å². The number of carboxylic acids is 1. The van der Waals surface area contributed by atoms with Crippen LogP contribution in [0.25, 0.3) is 6.08 Å². The number of hydrogen-bond donors (Lipinski definition) is 2. The van der Waals surface area contributed by atoms with Crippen molar-refractivity contribution in [3.05, 3.63) is 35.9 Å². The molecule has 1 aliphatic heterocycles. The second-order valence-electron chi connectivity index (χ2n) is 5.11. The Morgan fingerprint density at radius 2 is 2.10 bits per heavy atom. The lowest BCUT2D eigenvalue weighted by Gasteiger charge is -2.20. The molecule has 1 amide bonds. The quantitative estimate of drug-likeness (QED) is 0.819. The fraction of sp³-hybridized carbons (Fsp3) is 0.375. The van der Waals surface area contributed by atoms with Gasteiger partial charge >= 0.3 is 5.97 Å². The van der Waals surface area contributed by atoms with E-state index >= 15 is 0 Å². The van der Waals surface area contributed by atoms with Crippen LogP contribution in [0.15, 0.2) is 30.3 Å². The van der Waals surface area contributed by atoms with Gasteiger partial charge in [-0.25, -0.2) is 4.79 Å². The summed E-state index contributed by atoms with van der Waals surface area (Å²) in [5.74, 6) is 1.83. The van der Waals surface area contributed by atoms with Gasteiger partial charge in [0.05, 0.1) is 0 Å². The van der Waals surface area contributed by atoms with E-state index in [1.165, 1.54) is 6.08 Å². The van der Waals surface area contributed by atoms with Crippen LogP contribution < -0.4 is 5.32 Å². The Labute approximate surface area is 128 Å². The molecular formula is C16H19NO3S. The average molecular weight is 305 g/mol. The lowest BCUT2D eigenvalue weighted by atomic mass is 9.98. The monoisotopic (exact) mass is 305 g/mol. The molecule has 4 nitrogen and oxygen atoms in total. The Morgan fingerprint density at radius 1 is 1.33 bits per heavy atom. The molecule has 2 N–H and O–H groups in total. The summed E-state index contributed by atoms with van der Waals surface area (Å²) >= 11 is 1.95. The van der Waals surface area contributed by atoms with Gasteiger partial charge in [-0.15, -0.1) is 0 Å². The average Bonchev–Trinajstić information content (AvgIpc) is 2.46. The van der Waals surface area contributed by atoms with E-state index in [1.807, 2.05) is 17.8 Å². The summed E-state index contributed by atoms with van der Waals surface area (Å²) in [4.78, 5) is 22.5. The van der Waals surface area contributed by atoms with Crippen molar-refractivity contribution in [2.45, 2.75) is 19.3 Å². The van der Waals surface area contributed by atoms with Crippen LogP contribution in [0.2, 0.25) is 0 Å². The normalized spacial score (nSPS) is 16.0. The number of carbonyl (C=O) groups excluding carboxylic acids is 1. The van der Waals surface area contributed by atoms with Gasteiger partial charge in [0.2, 0.25) is 5.91 Å². The third-order valence-electron chi connectivity index (χ3n) is 3.40. The van der Waals surface area contributed by atoms with Gasteiger partial charge in [-0.1, -0.05) is 12.1 Å². The predicted octanol–water partition coefficient (Wildman–Crippen LogP) is 3.26. The molecule has 0 spiro atoms. The summed E-state index contributed by atoms with van der Waals surface area (Å²) < 4.78 is 0. The van der Waals surface area contributed by atoms with E-state index < -0.39 is 5.97 Å². The highest BCUT2D eigenvalue weighted by Crippen LogP contribution is 2.25. The predicted molar refractivity (Wildman–Crippen MR) is 86.4 cm³/mol. The first-order chi connectivity index (χ1) is 10.1. The number of thioether (sulfide) groups is 1. The van der Waals surface area contributed by atoms with Crippen LogP contribution in [-0.4, -0.2) is 28.5 Å². The molecule has 112 valence electrons. The largest absolute Gasteiger partial charge is 0.478 e. The molecule has 1 aromatic carbocycles. The maximum atomic E-state index is 12.0. The van der Waals surface area contributed by atoms with Crippen LogP contribution in [0, 0.1) is 5.92 Å². The van der Waals surface area contributed by atoms with Gasteiger partial charge in [-0.3, -0.25) is 4.79 Å². The third-order valence-corrected chi connectivity index (χ3v) is 4.45. The summed E-state index contributed by atoms with van der Waals surface area (Å²) in [6.45, 7) is 0. The SMILES string of the molecule is O=C(O)/C=C/c1cccc(NC(=O)CC2CCSCC2)c1. The van der Waals surface area contributed by atoms with Crippen molar-refractivity contribution in [2.24, 2.45) is 5.92 Å². The number of hydrogen-bond acceptors (Lipinski definition) is 3. The number of benzene rings is 1. The van der Waals surface area contributed by atoms with Gasteiger partial charge < -0.3 is 10.4 Å². The number of nitrogens with one attached hydrogen (secondary N) is 1. The molecule has 0 atom stereocenters. The van der Waals surface area contributed by atoms with Crippen LogP contribution >= 0.6 is 11.8 Å². The number of anilines is 1. The zero-order valence-electron chi connectivity index (χ0n) is 11.7. The van der Waals surface area contributed by atoms with Crippen LogP contribution in [0.1, 0.15) is 24.8 Å². The Hall–Kier alpha value is -1.75. The number of amides is 1. The van der Waals surface area contributed by atoms with E-state index in [4.69, 9.17) is 5.11 Å². The van der Waals surface area contributed by atoms with Crippen molar-refractivity contribution in [1.82, 2.24) is 0 Å².